The standard InChI is InChI=1S/C30H28ClFN6O4/c1-5-21(39)36-12-13-37-17(14-36)15-42-26-22-27(37)34-30(41)38(25-18(16(2)3)10-11-35(4)29(25)40)28(22)33-24(23(26)31)19-8-6-7-9-20(19)32/h5-11,16-17H,1,12-15H2,2-4H3/t17-/m1/s1. The number of fused-ring (bicyclic) bond motifs is 2. The Bertz CT molecular complexity index is 1900. The lowest BCUT2D eigenvalue weighted by molar-refractivity contribution is -0.126. The Morgan fingerprint density at radius 2 is 1.95 bits per heavy atom. The van der Waals surface area contributed by atoms with Crippen LogP contribution in [0.2, 0.25) is 5.02 Å². The average Bonchev–Trinajstić information content (AvgIpc) is 3.13. The summed E-state index contributed by atoms with van der Waals surface area (Å²) in [7, 11) is 1.59. The zero-order valence-electron chi connectivity index (χ0n) is 23.3. The summed E-state index contributed by atoms with van der Waals surface area (Å²) in [6.45, 7) is 8.55. The van der Waals surface area contributed by atoms with Crippen LogP contribution in [0.15, 0.2) is 58.8 Å². The molecule has 4 aromatic rings. The molecular weight excluding hydrogens is 563 g/mol. The van der Waals surface area contributed by atoms with Gasteiger partial charge in [-0.3, -0.25) is 9.59 Å². The smallest absolute Gasteiger partial charge is 0.356 e. The number of piperazine rings is 1. The number of benzene rings is 1. The van der Waals surface area contributed by atoms with Crippen molar-refractivity contribution in [3.8, 4) is 22.7 Å². The van der Waals surface area contributed by atoms with Crippen molar-refractivity contribution in [3.05, 3.63) is 86.4 Å². The van der Waals surface area contributed by atoms with Crippen molar-refractivity contribution >= 4 is 34.4 Å². The summed E-state index contributed by atoms with van der Waals surface area (Å²) in [5, 5.41) is 0.371. The van der Waals surface area contributed by atoms with Gasteiger partial charge in [0.05, 0.1) is 11.7 Å². The molecule has 0 radical (unpaired) electrons. The normalized spacial score (nSPS) is 16.3. The Kier molecular flexibility index (Phi) is 6.84. The fourth-order valence-corrected chi connectivity index (χ4v) is 5.96. The van der Waals surface area contributed by atoms with Gasteiger partial charge in [0.2, 0.25) is 5.91 Å². The minimum absolute atomic E-state index is 0.0461. The van der Waals surface area contributed by atoms with Crippen LogP contribution >= 0.6 is 11.6 Å². The molecule has 1 saturated heterocycles. The van der Waals surface area contributed by atoms with Crippen LogP contribution in [-0.2, 0) is 11.8 Å². The SMILES string of the molecule is C=CC(=O)N1CCN2c3nc(=O)n(-c4c(C(C)C)ccn(C)c4=O)c4nc(-c5ccccc5F)c(Cl)c(c34)OC[C@H]2C1. The van der Waals surface area contributed by atoms with Gasteiger partial charge >= 0.3 is 5.69 Å². The van der Waals surface area contributed by atoms with E-state index in [1.165, 1.54) is 27.3 Å². The second kappa shape index (κ2) is 10.4. The fourth-order valence-electron chi connectivity index (χ4n) is 5.66. The van der Waals surface area contributed by atoms with E-state index in [4.69, 9.17) is 21.3 Å². The minimum Gasteiger partial charge on any atom is -0.489 e. The number of halogens is 2. The Labute approximate surface area is 245 Å². The topological polar surface area (TPSA) is 103 Å². The van der Waals surface area contributed by atoms with E-state index in [9.17, 15) is 14.4 Å². The Balaban J connectivity index is 1.72. The van der Waals surface area contributed by atoms with Gasteiger partial charge in [0.15, 0.2) is 11.4 Å². The quantitative estimate of drug-likeness (QED) is 0.334. The molecule has 3 aromatic heterocycles. The number of carbonyl (C=O) groups is 1. The predicted molar refractivity (Wildman–Crippen MR) is 158 cm³/mol. The van der Waals surface area contributed by atoms with Gasteiger partial charge in [-0.15, -0.1) is 0 Å². The molecule has 0 bridgehead atoms. The van der Waals surface area contributed by atoms with Crippen LogP contribution in [0.1, 0.15) is 25.3 Å². The molecule has 0 spiro atoms. The number of aromatic nitrogens is 4. The Hall–Kier alpha value is -4.51. The van der Waals surface area contributed by atoms with Crippen LogP contribution in [0, 0.1) is 5.82 Å². The number of nitrogens with zero attached hydrogens (tertiary/aromatic N) is 6. The highest BCUT2D eigenvalue weighted by Crippen LogP contribution is 2.45. The number of ether oxygens (including phenoxy) is 1. The maximum absolute atomic E-state index is 15.1. The number of hydrogen-bond acceptors (Lipinski definition) is 7. The van der Waals surface area contributed by atoms with Crippen molar-refractivity contribution in [2.24, 2.45) is 7.05 Å². The van der Waals surface area contributed by atoms with Crippen molar-refractivity contribution in [1.82, 2.24) is 24.0 Å². The molecule has 0 saturated carbocycles. The summed E-state index contributed by atoms with van der Waals surface area (Å²) in [6.07, 6.45) is 2.90. The molecule has 1 atom stereocenters. The highest BCUT2D eigenvalue weighted by Gasteiger charge is 2.37. The van der Waals surface area contributed by atoms with Gasteiger partial charge in [-0.2, -0.15) is 4.98 Å². The van der Waals surface area contributed by atoms with E-state index in [0.29, 0.717) is 30.6 Å². The summed E-state index contributed by atoms with van der Waals surface area (Å²) in [6, 6.07) is 7.43. The molecule has 42 heavy (non-hydrogen) atoms. The molecule has 6 rings (SSSR count). The number of pyridine rings is 2. The molecule has 1 fully saturated rings. The molecule has 0 aliphatic carbocycles. The van der Waals surface area contributed by atoms with Crippen LogP contribution in [-0.4, -0.2) is 62.2 Å². The molecule has 10 nitrogen and oxygen atoms in total. The molecule has 0 unspecified atom stereocenters. The van der Waals surface area contributed by atoms with Crippen LogP contribution in [0.5, 0.6) is 5.75 Å². The number of carbonyl (C=O) groups excluding carboxylic acids is 1. The zero-order valence-corrected chi connectivity index (χ0v) is 24.1. The molecule has 2 aliphatic heterocycles. The number of hydrogen-bond donors (Lipinski definition) is 0. The van der Waals surface area contributed by atoms with Gasteiger partial charge in [-0.1, -0.05) is 44.2 Å². The first-order valence-corrected chi connectivity index (χ1v) is 13.9. The molecular formula is C30H28ClFN6O4. The van der Waals surface area contributed by atoms with Crippen molar-refractivity contribution in [1.29, 1.82) is 0 Å². The fraction of sp³-hybridized carbons (Fsp3) is 0.300. The predicted octanol–water partition coefficient (Wildman–Crippen LogP) is 3.66. The first-order valence-electron chi connectivity index (χ1n) is 13.5. The van der Waals surface area contributed by atoms with E-state index in [2.05, 4.69) is 11.6 Å². The van der Waals surface area contributed by atoms with Gasteiger partial charge in [-0.25, -0.2) is 18.7 Å². The summed E-state index contributed by atoms with van der Waals surface area (Å²) in [5.41, 5.74) is -0.198. The first-order chi connectivity index (χ1) is 20.1. The highest BCUT2D eigenvalue weighted by atomic mass is 35.5. The van der Waals surface area contributed by atoms with E-state index >= 15 is 4.39 Å². The second-order valence-electron chi connectivity index (χ2n) is 10.7. The van der Waals surface area contributed by atoms with E-state index in [1.54, 1.807) is 36.3 Å². The number of aryl methyl sites for hydroxylation is 1. The van der Waals surface area contributed by atoms with Crippen molar-refractivity contribution in [3.63, 3.8) is 0 Å². The largest absolute Gasteiger partial charge is 0.489 e. The van der Waals surface area contributed by atoms with Crippen molar-refractivity contribution in [2.45, 2.75) is 25.8 Å². The van der Waals surface area contributed by atoms with E-state index in [1.807, 2.05) is 18.7 Å². The van der Waals surface area contributed by atoms with E-state index < -0.39 is 17.1 Å². The molecule has 0 N–H and O–H groups in total. The van der Waals surface area contributed by atoms with Gasteiger partial charge < -0.3 is 19.1 Å². The van der Waals surface area contributed by atoms with Gasteiger partial charge in [0.1, 0.15) is 34.3 Å². The highest BCUT2D eigenvalue weighted by molar-refractivity contribution is 6.36. The number of anilines is 1. The van der Waals surface area contributed by atoms with Crippen LogP contribution < -0.4 is 20.9 Å². The third kappa shape index (κ3) is 4.27. The molecule has 5 heterocycles. The third-order valence-corrected chi connectivity index (χ3v) is 8.16. The lowest BCUT2D eigenvalue weighted by atomic mass is 10.0. The number of amides is 1. The van der Waals surface area contributed by atoms with Crippen molar-refractivity contribution < 1.29 is 13.9 Å². The van der Waals surface area contributed by atoms with E-state index in [-0.39, 0.29) is 63.7 Å². The summed E-state index contributed by atoms with van der Waals surface area (Å²) >= 11 is 6.92. The van der Waals surface area contributed by atoms with Crippen molar-refractivity contribution in [2.75, 3.05) is 31.1 Å². The van der Waals surface area contributed by atoms with Crippen LogP contribution in [0.25, 0.3) is 28.0 Å². The summed E-state index contributed by atoms with van der Waals surface area (Å²) in [4.78, 5) is 52.8. The Morgan fingerprint density at radius 1 is 1.19 bits per heavy atom. The monoisotopic (exact) mass is 590 g/mol. The number of rotatable bonds is 4. The molecule has 216 valence electrons. The summed E-state index contributed by atoms with van der Waals surface area (Å²) in [5.74, 6) is -0.453. The Morgan fingerprint density at radius 3 is 2.67 bits per heavy atom. The molecule has 12 heteroatoms. The maximum Gasteiger partial charge on any atom is 0.356 e. The average molecular weight is 591 g/mol. The van der Waals surface area contributed by atoms with Gasteiger partial charge in [0.25, 0.3) is 5.56 Å². The second-order valence-corrected chi connectivity index (χ2v) is 11.1. The van der Waals surface area contributed by atoms with Gasteiger partial charge in [0, 0.05) is 38.4 Å². The van der Waals surface area contributed by atoms with Crippen LogP contribution in [0.4, 0.5) is 10.2 Å². The third-order valence-electron chi connectivity index (χ3n) is 7.81. The van der Waals surface area contributed by atoms with E-state index in [0.717, 1.165) is 0 Å². The lowest BCUT2D eigenvalue weighted by Gasteiger charge is -2.40. The van der Waals surface area contributed by atoms with Gasteiger partial charge in [-0.05, 0) is 35.8 Å². The zero-order chi connectivity index (χ0) is 29.9. The first kappa shape index (κ1) is 27.6. The van der Waals surface area contributed by atoms with Crippen LogP contribution in [0.3, 0.4) is 0 Å². The minimum atomic E-state index is -0.729. The summed E-state index contributed by atoms with van der Waals surface area (Å²) < 4.78 is 24.0. The lowest BCUT2D eigenvalue weighted by Crippen LogP contribution is -2.56. The molecule has 1 amide bonds. The molecule has 1 aromatic carbocycles. The molecule has 2 aliphatic rings. The maximum atomic E-state index is 15.1.